The van der Waals surface area contributed by atoms with Crippen molar-refractivity contribution in [3.63, 3.8) is 0 Å². The number of carbonyl (C=O) groups excluding carboxylic acids is 1. The van der Waals surface area contributed by atoms with Crippen LogP contribution < -0.4 is 10.4 Å². The summed E-state index contributed by atoms with van der Waals surface area (Å²) < 4.78 is 10.8. The first kappa shape index (κ1) is 15.6. The lowest BCUT2D eigenvalue weighted by Gasteiger charge is -2.08. The summed E-state index contributed by atoms with van der Waals surface area (Å²) in [7, 11) is 0. The maximum absolute atomic E-state index is 11.7. The number of hydrogen-bond donors (Lipinski definition) is 0. The van der Waals surface area contributed by atoms with Crippen molar-refractivity contribution in [3.05, 3.63) is 75.1 Å². The Morgan fingerprint density at radius 1 is 1.13 bits per heavy atom. The van der Waals surface area contributed by atoms with Crippen molar-refractivity contribution in [1.82, 2.24) is 0 Å². The zero-order chi connectivity index (χ0) is 16.4. The third-order valence-corrected chi connectivity index (χ3v) is 3.84. The highest BCUT2D eigenvalue weighted by molar-refractivity contribution is 6.67. The van der Waals surface area contributed by atoms with Crippen LogP contribution in [0.5, 0.6) is 5.75 Å². The van der Waals surface area contributed by atoms with Crippen LogP contribution in [-0.4, -0.2) is 5.24 Å². The predicted octanol–water partition coefficient (Wildman–Crippen LogP) is 4.40. The molecule has 0 radical (unpaired) electrons. The normalized spacial score (nSPS) is 10.7. The average Bonchev–Trinajstić information content (AvgIpc) is 2.53. The van der Waals surface area contributed by atoms with Gasteiger partial charge in [0, 0.05) is 22.0 Å². The molecule has 0 fully saturated rings. The minimum atomic E-state index is -0.848. The molecule has 1 heterocycles. The number of rotatable bonds is 4. The van der Waals surface area contributed by atoms with E-state index in [9.17, 15) is 9.59 Å². The van der Waals surface area contributed by atoms with E-state index in [1.165, 1.54) is 6.07 Å². The Bertz CT molecular complexity index is 947. The Hall–Kier alpha value is -2.30. The summed E-state index contributed by atoms with van der Waals surface area (Å²) in [6.45, 7) is 0.285. The van der Waals surface area contributed by atoms with Crippen molar-refractivity contribution in [1.29, 1.82) is 0 Å². The molecule has 3 aromatic rings. The summed E-state index contributed by atoms with van der Waals surface area (Å²) in [5.41, 5.74) is 0.191. The fourth-order valence-corrected chi connectivity index (χ4v) is 2.42. The molecule has 0 atom stereocenters. The molecule has 0 bridgehead atoms. The molecule has 116 valence electrons. The van der Waals surface area contributed by atoms with Crippen LogP contribution in [0.3, 0.4) is 0 Å². The summed E-state index contributed by atoms with van der Waals surface area (Å²) in [6.07, 6.45) is 0. The SMILES string of the molecule is O=C(Cl)c1cc2ccc(OCc3ccccc3Cl)cc2oc1=O. The molecule has 0 aliphatic rings. The van der Waals surface area contributed by atoms with Crippen LogP contribution in [-0.2, 0) is 6.61 Å². The van der Waals surface area contributed by atoms with Crippen LogP contribution in [0.4, 0.5) is 0 Å². The Labute approximate surface area is 141 Å². The van der Waals surface area contributed by atoms with Crippen molar-refractivity contribution in [2.24, 2.45) is 0 Å². The van der Waals surface area contributed by atoms with Gasteiger partial charge in [0.2, 0.25) is 0 Å². The van der Waals surface area contributed by atoms with Crippen LogP contribution in [0, 0.1) is 0 Å². The molecule has 0 N–H and O–H groups in total. The third-order valence-electron chi connectivity index (χ3n) is 3.27. The molecule has 0 saturated heterocycles. The van der Waals surface area contributed by atoms with Gasteiger partial charge >= 0.3 is 5.63 Å². The summed E-state index contributed by atoms with van der Waals surface area (Å²) in [5.74, 6) is 0.519. The first-order chi connectivity index (χ1) is 11.0. The van der Waals surface area contributed by atoms with Crippen molar-refractivity contribution in [2.75, 3.05) is 0 Å². The van der Waals surface area contributed by atoms with Crippen LogP contribution >= 0.6 is 23.2 Å². The fraction of sp³-hybridized carbons (Fsp3) is 0.0588. The van der Waals surface area contributed by atoms with E-state index in [-0.39, 0.29) is 12.2 Å². The van der Waals surface area contributed by atoms with Gasteiger partial charge in [-0.15, -0.1) is 0 Å². The van der Waals surface area contributed by atoms with Crippen LogP contribution in [0.15, 0.2) is 57.7 Å². The maximum Gasteiger partial charge on any atom is 0.348 e. The van der Waals surface area contributed by atoms with Gasteiger partial charge in [-0.05, 0) is 35.9 Å². The highest BCUT2D eigenvalue weighted by Crippen LogP contribution is 2.23. The highest BCUT2D eigenvalue weighted by atomic mass is 35.5. The predicted molar refractivity (Wildman–Crippen MR) is 88.5 cm³/mol. The van der Waals surface area contributed by atoms with Crippen LogP contribution in [0.2, 0.25) is 5.02 Å². The van der Waals surface area contributed by atoms with Gasteiger partial charge in [0.05, 0.1) is 0 Å². The largest absolute Gasteiger partial charge is 0.489 e. The van der Waals surface area contributed by atoms with Gasteiger partial charge in [-0.1, -0.05) is 29.8 Å². The summed E-state index contributed by atoms with van der Waals surface area (Å²) in [4.78, 5) is 22.8. The van der Waals surface area contributed by atoms with Gasteiger partial charge in [0.25, 0.3) is 5.24 Å². The number of fused-ring (bicyclic) bond motifs is 1. The molecular weight excluding hydrogens is 339 g/mol. The minimum absolute atomic E-state index is 0.191. The molecule has 0 amide bonds. The Morgan fingerprint density at radius 2 is 1.91 bits per heavy atom. The minimum Gasteiger partial charge on any atom is -0.489 e. The van der Waals surface area contributed by atoms with Gasteiger partial charge in [-0.3, -0.25) is 4.79 Å². The molecule has 3 rings (SSSR count). The quantitative estimate of drug-likeness (QED) is 0.517. The molecule has 0 unspecified atom stereocenters. The molecule has 2 aromatic carbocycles. The van der Waals surface area contributed by atoms with E-state index in [1.807, 2.05) is 18.2 Å². The lowest BCUT2D eigenvalue weighted by Crippen LogP contribution is -2.09. The lowest BCUT2D eigenvalue weighted by molar-refractivity contribution is 0.107. The zero-order valence-electron chi connectivity index (χ0n) is 11.7. The number of benzene rings is 2. The number of halogens is 2. The van der Waals surface area contributed by atoms with Crippen molar-refractivity contribution < 1.29 is 13.9 Å². The summed E-state index contributed by atoms with van der Waals surface area (Å²) in [5, 5.41) is 0.350. The second-order valence-electron chi connectivity index (χ2n) is 4.80. The molecule has 0 saturated carbocycles. The smallest absolute Gasteiger partial charge is 0.348 e. The number of carbonyl (C=O) groups is 1. The van der Waals surface area contributed by atoms with E-state index in [0.717, 1.165) is 5.56 Å². The fourth-order valence-electron chi connectivity index (χ4n) is 2.09. The third kappa shape index (κ3) is 3.38. The molecule has 6 heteroatoms. The second kappa shape index (κ2) is 6.44. The first-order valence-corrected chi connectivity index (χ1v) is 7.44. The number of ether oxygens (including phenoxy) is 1. The molecule has 23 heavy (non-hydrogen) atoms. The summed E-state index contributed by atoms with van der Waals surface area (Å²) >= 11 is 11.4. The summed E-state index contributed by atoms with van der Waals surface area (Å²) in [6, 6.07) is 13.7. The topological polar surface area (TPSA) is 56.5 Å². The van der Waals surface area contributed by atoms with E-state index in [0.29, 0.717) is 21.7 Å². The van der Waals surface area contributed by atoms with Crippen molar-refractivity contribution in [3.8, 4) is 5.75 Å². The van der Waals surface area contributed by atoms with Gasteiger partial charge in [-0.25, -0.2) is 4.79 Å². The molecule has 0 aliphatic heterocycles. The first-order valence-electron chi connectivity index (χ1n) is 6.68. The van der Waals surface area contributed by atoms with E-state index in [4.69, 9.17) is 32.4 Å². The van der Waals surface area contributed by atoms with Gasteiger partial charge in [0.15, 0.2) is 0 Å². The van der Waals surface area contributed by atoms with Crippen LogP contribution in [0.25, 0.3) is 11.0 Å². The molecular formula is C17H10Cl2O4. The number of hydrogen-bond acceptors (Lipinski definition) is 4. The lowest BCUT2D eigenvalue weighted by atomic mass is 10.2. The molecule has 0 spiro atoms. The Morgan fingerprint density at radius 3 is 2.65 bits per heavy atom. The van der Waals surface area contributed by atoms with E-state index in [1.54, 1.807) is 24.3 Å². The monoisotopic (exact) mass is 348 g/mol. The second-order valence-corrected chi connectivity index (χ2v) is 5.55. The standard InChI is InChI=1S/C17H10Cl2O4/c18-14-4-2-1-3-11(14)9-22-12-6-5-10-7-13(16(19)20)17(21)23-15(10)8-12/h1-8H,9H2. The Balaban J connectivity index is 1.88. The van der Waals surface area contributed by atoms with E-state index < -0.39 is 10.9 Å². The van der Waals surface area contributed by atoms with E-state index >= 15 is 0 Å². The van der Waals surface area contributed by atoms with Gasteiger partial charge in [0.1, 0.15) is 23.5 Å². The maximum atomic E-state index is 11.7. The highest BCUT2D eigenvalue weighted by Gasteiger charge is 2.11. The molecule has 1 aromatic heterocycles. The van der Waals surface area contributed by atoms with Crippen molar-refractivity contribution in [2.45, 2.75) is 6.61 Å². The Kier molecular flexibility index (Phi) is 4.37. The van der Waals surface area contributed by atoms with Crippen LogP contribution in [0.1, 0.15) is 15.9 Å². The molecule has 4 nitrogen and oxygen atoms in total. The van der Waals surface area contributed by atoms with E-state index in [2.05, 4.69) is 0 Å². The van der Waals surface area contributed by atoms with Gasteiger partial charge < -0.3 is 9.15 Å². The zero-order valence-corrected chi connectivity index (χ0v) is 13.2. The molecule has 0 aliphatic carbocycles. The van der Waals surface area contributed by atoms with Crippen molar-refractivity contribution >= 4 is 39.4 Å². The average molecular weight is 349 g/mol. The van der Waals surface area contributed by atoms with Gasteiger partial charge in [-0.2, -0.15) is 0 Å².